The summed E-state index contributed by atoms with van der Waals surface area (Å²) in [5.74, 6) is 0. The Labute approximate surface area is 130 Å². The molecule has 0 unspecified atom stereocenters. The Balaban J connectivity index is 1.88. The van der Waals surface area contributed by atoms with Crippen LogP contribution in [0.1, 0.15) is 6.85 Å². The minimum Gasteiger partial charge on any atom is -0.356 e. The summed E-state index contributed by atoms with van der Waals surface area (Å²) in [6.07, 6.45) is 0. The molecule has 21 heavy (non-hydrogen) atoms. The standard InChI is InChI=1S/C20H15N/c1-2-7-17(8-3-1)21-18-13-12-16-11-10-15-6-4-5-9-19(15)20(16)14-18/h1-14,21H/i1D,2D,3D,7D,8D. The van der Waals surface area contributed by atoms with Gasteiger partial charge in [-0.2, -0.15) is 0 Å². The largest absolute Gasteiger partial charge is 0.356 e. The molecule has 0 aromatic heterocycles. The normalized spacial score (nSPS) is 14.2. The fraction of sp³-hybridized carbons (Fsp3) is 0. The molecule has 100 valence electrons. The van der Waals surface area contributed by atoms with Crippen LogP contribution in [0.5, 0.6) is 0 Å². The van der Waals surface area contributed by atoms with Crippen LogP contribution in [-0.4, -0.2) is 0 Å². The molecule has 0 spiro atoms. The predicted molar refractivity (Wildman–Crippen MR) is 91.2 cm³/mol. The molecule has 0 aliphatic heterocycles. The molecule has 0 amide bonds. The summed E-state index contributed by atoms with van der Waals surface area (Å²) < 4.78 is 39.4. The Morgan fingerprint density at radius 1 is 0.667 bits per heavy atom. The van der Waals surface area contributed by atoms with Gasteiger partial charge < -0.3 is 5.32 Å². The van der Waals surface area contributed by atoms with E-state index in [1.165, 1.54) is 0 Å². The highest BCUT2D eigenvalue weighted by Crippen LogP contribution is 2.28. The molecule has 0 heterocycles. The number of para-hydroxylation sites is 1. The molecule has 0 aliphatic rings. The first-order valence-corrected chi connectivity index (χ1v) is 6.73. The van der Waals surface area contributed by atoms with E-state index in [9.17, 15) is 0 Å². The molecule has 1 heteroatoms. The molecule has 1 N–H and O–H groups in total. The van der Waals surface area contributed by atoms with Crippen LogP contribution in [-0.2, 0) is 0 Å². The van der Waals surface area contributed by atoms with E-state index in [-0.39, 0.29) is 29.9 Å². The molecular weight excluding hydrogens is 254 g/mol. The van der Waals surface area contributed by atoms with Crippen molar-refractivity contribution < 1.29 is 6.85 Å². The van der Waals surface area contributed by atoms with Gasteiger partial charge in [-0.1, -0.05) is 60.6 Å². The number of hydrogen-bond donors (Lipinski definition) is 1. The highest BCUT2D eigenvalue weighted by molar-refractivity contribution is 6.08. The summed E-state index contributed by atoms with van der Waals surface area (Å²) in [6, 6.07) is 16.4. The van der Waals surface area contributed by atoms with Crippen molar-refractivity contribution in [2.75, 3.05) is 5.32 Å². The van der Waals surface area contributed by atoms with Gasteiger partial charge in [-0.15, -0.1) is 0 Å². The van der Waals surface area contributed by atoms with Crippen molar-refractivity contribution >= 4 is 32.9 Å². The van der Waals surface area contributed by atoms with Crippen molar-refractivity contribution in [2.45, 2.75) is 0 Å². The van der Waals surface area contributed by atoms with Gasteiger partial charge >= 0.3 is 0 Å². The van der Waals surface area contributed by atoms with Crippen molar-refractivity contribution in [3.8, 4) is 0 Å². The highest BCUT2D eigenvalue weighted by Gasteiger charge is 2.02. The van der Waals surface area contributed by atoms with E-state index in [0.717, 1.165) is 21.5 Å². The van der Waals surface area contributed by atoms with Crippen LogP contribution >= 0.6 is 0 Å². The second-order valence-electron chi connectivity index (χ2n) is 4.85. The Hall–Kier alpha value is -2.80. The van der Waals surface area contributed by atoms with E-state index in [0.29, 0.717) is 5.69 Å². The van der Waals surface area contributed by atoms with Gasteiger partial charge in [-0.3, -0.25) is 0 Å². The summed E-state index contributed by atoms with van der Waals surface area (Å²) in [7, 11) is 0. The Kier molecular flexibility index (Phi) is 1.85. The maximum Gasteiger partial charge on any atom is 0.0645 e. The van der Waals surface area contributed by atoms with Crippen molar-refractivity contribution in [1.29, 1.82) is 0 Å². The van der Waals surface area contributed by atoms with Gasteiger partial charge in [0.1, 0.15) is 0 Å². The fourth-order valence-corrected chi connectivity index (χ4v) is 2.54. The van der Waals surface area contributed by atoms with E-state index < -0.39 is 6.04 Å². The Bertz CT molecular complexity index is 1140. The van der Waals surface area contributed by atoms with Crippen molar-refractivity contribution in [3.05, 3.63) is 84.8 Å². The van der Waals surface area contributed by atoms with E-state index in [1.54, 1.807) is 0 Å². The molecule has 0 bridgehead atoms. The van der Waals surface area contributed by atoms with Gasteiger partial charge in [-0.05, 0) is 45.8 Å². The van der Waals surface area contributed by atoms with Crippen LogP contribution < -0.4 is 5.32 Å². The first kappa shape index (κ1) is 7.84. The number of anilines is 2. The molecule has 0 atom stereocenters. The number of rotatable bonds is 2. The lowest BCUT2D eigenvalue weighted by Crippen LogP contribution is -1.89. The number of nitrogens with one attached hydrogen (secondary N) is 1. The Morgan fingerprint density at radius 2 is 1.38 bits per heavy atom. The van der Waals surface area contributed by atoms with E-state index in [4.69, 9.17) is 6.85 Å². The summed E-state index contributed by atoms with van der Waals surface area (Å²) in [6.45, 7) is 0. The second kappa shape index (κ2) is 4.95. The van der Waals surface area contributed by atoms with Crippen molar-refractivity contribution in [3.63, 3.8) is 0 Å². The zero-order valence-corrected chi connectivity index (χ0v) is 11.2. The monoisotopic (exact) mass is 274 g/mol. The quantitative estimate of drug-likeness (QED) is 0.460. The molecular formula is C20H15N. The van der Waals surface area contributed by atoms with Crippen molar-refractivity contribution in [2.24, 2.45) is 0 Å². The fourth-order valence-electron chi connectivity index (χ4n) is 2.54. The molecule has 1 nitrogen and oxygen atoms in total. The van der Waals surface area contributed by atoms with E-state index in [2.05, 4.69) is 11.4 Å². The number of hydrogen-bond acceptors (Lipinski definition) is 1. The van der Waals surface area contributed by atoms with Crippen LogP contribution in [0.2, 0.25) is 0 Å². The van der Waals surface area contributed by atoms with Gasteiger partial charge in [0.05, 0.1) is 6.85 Å². The maximum absolute atomic E-state index is 8.04. The number of benzene rings is 4. The number of fused-ring (bicyclic) bond motifs is 3. The molecule has 0 saturated heterocycles. The van der Waals surface area contributed by atoms with E-state index in [1.807, 2.05) is 48.5 Å². The van der Waals surface area contributed by atoms with Gasteiger partial charge in [0, 0.05) is 11.4 Å². The molecule has 0 aliphatic carbocycles. The van der Waals surface area contributed by atoms with Crippen LogP contribution in [0.15, 0.2) is 84.8 Å². The summed E-state index contributed by atoms with van der Waals surface area (Å²) in [4.78, 5) is 0. The predicted octanol–water partition coefficient (Wildman–Crippen LogP) is 5.74. The smallest absolute Gasteiger partial charge is 0.0645 e. The average molecular weight is 274 g/mol. The zero-order chi connectivity index (χ0) is 18.4. The van der Waals surface area contributed by atoms with Crippen molar-refractivity contribution in [1.82, 2.24) is 0 Å². The van der Waals surface area contributed by atoms with Gasteiger partial charge in [0.2, 0.25) is 0 Å². The molecule has 4 rings (SSSR count). The first-order chi connectivity index (χ1) is 12.5. The third-order valence-corrected chi connectivity index (χ3v) is 3.52. The molecule has 4 aromatic rings. The van der Waals surface area contributed by atoms with Crippen LogP contribution in [0, 0.1) is 0 Å². The molecule has 0 saturated carbocycles. The highest BCUT2D eigenvalue weighted by atomic mass is 14.9. The SMILES string of the molecule is [2H]c1c([2H])c([2H])c(Nc2ccc3ccc4ccccc4c3c2)c([2H])c1[2H]. The minimum atomic E-state index is -0.393. The summed E-state index contributed by atoms with van der Waals surface area (Å²) >= 11 is 0. The van der Waals surface area contributed by atoms with Gasteiger partial charge in [-0.25, -0.2) is 0 Å². The topological polar surface area (TPSA) is 12.0 Å². The third kappa shape index (κ3) is 2.23. The lowest BCUT2D eigenvalue weighted by Gasteiger charge is -2.09. The van der Waals surface area contributed by atoms with Crippen LogP contribution in [0.4, 0.5) is 11.4 Å². The molecule has 0 radical (unpaired) electrons. The van der Waals surface area contributed by atoms with Crippen LogP contribution in [0.3, 0.4) is 0 Å². The summed E-state index contributed by atoms with van der Waals surface area (Å²) in [5.41, 5.74) is 0.753. The van der Waals surface area contributed by atoms with E-state index >= 15 is 0 Å². The van der Waals surface area contributed by atoms with Gasteiger partial charge in [0.15, 0.2) is 0 Å². The lowest BCUT2D eigenvalue weighted by atomic mass is 10.0. The Morgan fingerprint density at radius 3 is 2.24 bits per heavy atom. The lowest BCUT2D eigenvalue weighted by molar-refractivity contribution is 1.57. The average Bonchev–Trinajstić information content (AvgIpc) is 2.68. The summed E-state index contributed by atoms with van der Waals surface area (Å²) in [5, 5.41) is 7.36. The molecule has 4 aromatic carbocycles. The second-order valence-corrected chi connectivity index (χ2v) is 4.85. The third-order valence-electron chi connectivity index (χ3n) is 3.52. The molecule has 0 fully saturated rings. The minimum absolute atomic E-state index is 0.0792. The van der Waals surface area contributed by atoms with Crippen LogP contribution in [0.25, 0.3) is 21.5 Å². The van der Waals surface area contributed by atoms with Gasteiger partial charge in [0.25, 0.3) is 0 Å². The first-order valence-electron chi connectivity index (χ1n) is 9.23. The maximum atomic E-state index is 8.04. The zero-order valence-electron chi connectivity index (χ0n) is 16.2.